The molecule has 0 aliphatic carbocycles. The van der Waals surface area contributed by atoms with Crippen LogP contribution in [0.1, 0.15) is 24.0 Å². The molecule has 5 rings (SSSR count). The topological polar surface area (TPSA) is 157 Å². The number of anilines is 1. The van der Waals surface area contributed by atoms with Crippen LogP contribution in [0.4, 0.5) is 14.9 Å². The van der Waals surface area contributed by atoms with Gasteiger partial charge in [-0.15, -0.1) is 0 Å². The number of piperidine rings is 1. The first-order valence-electron chi connectivity index (χ1n) is 16.3. The van der Waals surface area contributed by atoms with Gasteiger partial charge >= 0.3 is 16.1 Å². The van der Waals surface area contributed by atoms with Crippen molar-refractivity contribution >= 4 is 27.7 Å². The van der Waals surface area contributed by atoms with Crippen molar-refractivity contribution in [2.45, 2.75) is 42.8 Å². The van der Waals surface area contributed by atoms with E-state index in [0.717, 1.165) is 48.4 Å². The summed E-state index contributed by atoms with van der Waals surface area (Å²) < 4.78 is 55.2. The molecule has 0 aromatic heterocycles. The number of phenols is 1. The van der Waals surface area contributed by atoms with Crippen molar-refractivity contribution < 1.29 is 45.6 Å². The van der Waals surface area contributed by atoms with Crippen molar-refractivity contribution in [3.8, 4) is 23.0 Å². The Bertz CT molecular complexity index is 1940. The number of hydrogen-bond acceptors (Lipinski definition) is 9. The van der Waals surface area contributed by atoms with E-state index >= 15 is 0 Å². The smallest absolute Gasteiger partial charge is 0.339 e. The average molecular weight is 722 g/mol. The molecular formula is C37H42FN4O8S+. The second-order valence-corrected chi connectivity index (χ2v) is 14.3. The summed E-state index contributed by atoms with van der Waals surface area (Å²) in [4.78, 5) is 29.1. The molecule has 1 saturated heterocycles. The van der Waals surface area contributed by atoms with Gasteiger partial charge in [0.2, 0.25) is 5.91 Å². The van der Waals surface area contributed by atoms with Crippen molar-refractivity contribution in [3.63, 3.8) is 0 Å². The Balaban J connectivity index is 1.36. The molecule has 1 aliphatic rings. The molecule has 4 aromatic rings. The third kappa shape index (κ3) is 9.34. The molecule has 0 radical (unpaired) electrons. The summed E-state index contributed by atoms with van der Waals surface area (Å²) in [6.45, 7) is 1.90. The Morgan fingerprint density at radius 3 is 2.25 bits per heavy atom. The maximum absolute atomic E-state index is 14.1. The number of benzene rings is 4. The molecule has 1 unspecified atom stereocenters. The quantitative estimate of drug-likeness (QED) is 0.134. The number of phenolic OH excluding ortho intramolecular Hbond substituents is 1. The number of likely N-dealkylation sites (N-methyl/N-ethyl adjacent to an activating group) is 1. The van der Waals surface area contributed by atoms with Gasteiger partial charge in [-0.3, -0.25) is 9.69 Å². The number of ether oxygens (including phenoxy) is 2. The summed E-state index contributed by atoms with van der Waals surface area (Å²) in [5, 5.41) is 12.5. The molecule has 12 nitrogen and oxygen atoms in total. The van der Waals surface area contributed by atoms with Gasteiger partial charge in [-0.25, -0.2) is 9.18 Å². The highest BCUT2D eigenvalue weighted by atomic mass is 32.2. The largest absolute Gasteiger partial charge is 0.508 e. The van der Waals surface area contributed by atoms with Gasteiger partial charge in [-0.1, -0.05) is 12.1 Å². The van der Waals surface area contributed by atoms with Crippen LogP contribution in [0.5, 0.6) is 23.0 Å². The molecule has 1 aliphatic heterocycles. The van der Waals surface area contributed by atoms with E-state index < -0.39 is 40.0 Å². The summed E-state index contributed by atoms with van der Waals surface area (Å²) in [5.74, 6) is 0.129. The fourth-order valence-electron chi connectivity index (χ4n) is 6.33. The molecule has 4 aromatic carbocycles. The van der Waals surface area contributed by atoms with Crippen molar-refractivity contribution in [2.75, 3.05) is 39.7 Å². The number of likely N-dealkylation sites (tertiary alicyclic amines) is 1. The van der Waals surface area contributed by atoms with Gasteiger partial charge in [-0.05, 0) is 104 Å². The molecule has 3 amide bonds. The second kappa shape index (κ2) is 15.8. The zero-order valence-electron chi connectivity index (χ0n) is 28.6. The van der Waals surface area contributed by atoms with E-state index in [1.807, 2.05) is 18.2 Å². The lowest BCUT2D eigenvalue weighted by Gasteiger charge is -2.44. The third-order valence-corrected chi connectivity index (χ3v) is 10.1. The fourth-order valence-corrected chi connectivity index (χ4v) is 7.26. The van der Waals surface area contributed by atoms with E-state index in [-0.39, 0.29) is 28.5 Å². The molecule has 0 saturated carbocycles. The lowest BCUT2D eigenvalue weighted by Crippen LogP contribution is -2.62. The molecule has 51 heavy (non-hydrogen) atoms. The number of methoxy groups -OCH3 is 2. The number of hydrogen-bond donors (Lipinski definition) is 3. The van der Waals surface area contributed by atoms with Crippen LogP contribution in [-0.2, 0) is 27.9 Å². The van der Waals surface area contributed by atoms with E-state index in [0.29, 0.717) is 35.5 Å². The van der Waals surface area contributed by atoms with Crippen LogP contribution in [0, 0.1) is 5.82 Å². The number of nitrogens with one attached hydrogen (secondary N) is 1. The van der Waals surface area contributed by atoms with Crippen LogP contribution in [0.3, 0.4) is 0 Å². The van der Waals surface area contributed by atoms with Gasteiger partial charge < -0.3 is 34.3 Å². The maximum atomic E-state index is 14.1. The van der Waals surface area contributed by atoms with Crippen LogP contribution in [0.25, 0.3) is 0 Å². The van der Waals surface area contributed by atoms with E-state index in [2.05, 4.69) is 12.4 Å². The Kier molecular flexibility index (Phi) is 11.5. The number of urea groups is 1. The summed E-state index contributed by atoms with van der Waals surface area (Å²) in [5.41, 5.74) is 8.47. The summed E-state index contributed by atoms with van der Waals surface area (Å²) >= 11 is 0. The molecule has 1 fully saturated rings. The minimum atomic E-state index is -4.23. The number of quaternary nitrogens is 1. The zero-order chi connectivity index (χ0) is 36.8. The Morgan fingerprint density at radius 1 is 0.961 bits per heavy atom. The lowest BCUT2D eigenvalue weighted by molar-refractivity contribution is -0.928. The number of amides is 3. The number of carbonyl (C=O) groups excluding carboxylic acids is 2. The molecular weight excluding hydrogens is 679 g/mol. The van der Waals surface area contributed by atoms with Gasteiger partial charge in [0.15, 0.2) is 11.5 Å². The summed E-state index contributed by atoms with van der Waals surface area (Å²) in [7, 11) is 1.00. The van der Waals surface area contributed by atoms with Crippen molar-refractivity contribution in [1.29, 1.82) is 0 Å². The highest BCUT2D eigenvalue weighted by Gasteiger charge is 2.41. The number of carbonyl (C=O) groups is 2. The minimum Gasteiger partial charge on any atom is -0.508 e. The minimum absolute atomic E-state index is 0.0308. The Morgan fingerprint density at radius 2 is 1.61 bits per heavy atom. The molecule has 0 bridgehead atoms. The standard InChI is InChI=1S/C37H41FN4O8S/c1-42(23-26-8-19-34(48-2)35(22-26)49-3)20-4-5-29(24-42)41(36(44)33(39)21-25-6-13-30(43)14-7-25)37(45)40-28-11-15-31(16-12-28)50-51(46,47)32-17-9-27(38)10-18-32/h6-19,22,29,33H,4-5,20-21,23-24,39H2,1-3H3,(H-,40,43,45)/p+1/t29-,33-,42?/m0/s1. The first-order valence-corrected chi connectivity index (χ1v) is 17.7. The second-order valence-electron chi connectivity index (χ2n) is 12.8. The normalized spacial score (nSPS) is 17.9. The predicted octanol–water partition coefficient (Wildman–Crippen LogP) is 5.06. The number of halogens is 1. The maximum Gasteiger partial charge on any atom is 0.339 e. The van der Waals surface area contributed by atoms with Crippen LogP contribution >= 0.6 is 0 Å². The van der Waals surface area contributed by atoms with Gasteiger partial charge in [0, 0.05) is 11.3 Å². The van der Waals surface area contributed by atoms with Crippen molar-refractivity contribution in [1.82, 2.24) is 4.90 Å². The van der Waals surface area contributed by atoms with E-state index in [1.54, 1.807) is 26.4 Å². The van der Waals surface area contributed by atoms with Crippen molar-refractivity contribution in [2.24, 2.45) is 5.73 Å². The first-order chi connectivity index (χ1) is 24.3. The molecule has 3 atom stereocenters. The third-order valence-electron chi connectivity index (χ3n) is 8.84. The number of imide groups is 1. The van der Waals surface area contributed by atoms with Gasteiger partial charge in [-0.2, -0.15) is 8.42 Å². The zero-order valence-corrected chi connectivity index (χ0v) is 29.4. The highest BCUT2D eigenvalue weighted by molar-refractivity contribution is 7.87. The summed E-state index contributed by atoms with van der Waals surface area (Å²) in [6, 6.07) is 19.7. The number of aromatic hydroxyl groups is 1. The highest BCUT2D eigenvalue weighted by Crippen LogP contribution is 2.31. The number of nitrogens with zero attached hydrogens (tertiary/aromatic N) is 2. The van der Waals surface area contributed by atoms with E-state index in [9.17, 15) is 27.5 Å². The number of rotatable bonds is 12. The van der Waals surface area contributed by atoms with Crippen LogP contribution < -0.4 is 24.7 Å². The van der Waals surface area contributed by atoms with E-state index in [4.69, 9.17) is 19.4 Å². The summed E-state index contributed by atoms with van der Waals surface area (Å²) in [6.07, 6.45) is 1.45. The fraction of sp³-hybridized carbons (Fsp3) is 0.297. The number of nitrogens with two attached hydrogens (primary N) is 1. The van der Waals surface area contributed by atoms with E-state index in [1.165, 1.54) is 41.3 Å². The lowest BCUT2D eigenvalue weighted by atomic mass is 9.98. The Hall–Kier alpha value is -5.18. The molecule has 0 spiro atoms. The average Bonchev–Trinajstić information content (AvgIpc) is 3.10. The Labute approximate surface area is 296 Å². The van der Waals surface area contributed by atoms with Crippen LogP contribution in [-0.4, -0.2) is 81.3 Å². The monoisotopic (exact) mass is 721 g/mol. The van der Waals surface area contributed by atoms with Gasteiger partial charge in [0.05, 0.1) is 39.9 Å². The predicted molar refractivity (Wildman–Crippen MR) is 188 cm³/mol. The van der Waals surface area contributed by atoms with Crippen LogP contribution in [0.15, 0.2) is 95.9 Å². The molecule has 4 N–H and O–H groups in total. The molecule has 270 valence electrons. The first kappa shape index (κ1) is 37.1. The van der Waals surface area contributed by atoms with Crippen molar-refractivity contribution in [3.05, 3.63) is 108 Å². The van der Waals surface area contributed by atoms with Crippen LogP contribution in [0.2, 0.25) is 0 Å². The van der Waals surface area contributed by atoms with Gasteiger partial charge in [0.1, 0.15) is 35.3 Å². The molecule has 1 heterocycles. The SMILES string of the molecule is COc1ccc(C[N+]2(C)CCC[C@H](N(C(=O)Nc3ccc(OS(=O)(=O)c4ccc(F)cc4)cc3)C(=O)[C@@H](N)Cc3ccc(O)cc3)C2)cc1OC. The molecule has 14 heteroatoms. The van der Waals surface area contributed by atoms with Gasteiger partial charge in [0.25, 0.3) is 0 Å².